The Kier molecular flexibility index (Phi) is 6.22. The average molecular weight is 368 g/mol. The normalized spacial score (nSPS) is 11.1. The molecule has 0 amide bonds. The molecule has 0 N–H and O–H groups in total. The van der Waals surface area contributed by atoms with Gasteiger partial charge in [0.2, 0.25) is 0 Å². The van der Waals surface area contributed by atoms with Crippen LogP contribution in [0.15, 0.2) is 14.3 Å². The van der Waals surface area contributed by atoms with Crippen LogP contribution in [0, 0.1) is 5.92 Å². The van der Waals surface area contributed by atoms with Gasteiger partial charge in [0.05, 0.1) is 8.66 Å². The lowest BCUT2D eigenvalue weighted by Crippen LogP contribution is -2.13. The molecule has 1 aromatic heterocycles. The topological polar surface area (TPSA) is 17.1 Å². The molecule has 0 aliphatic heterocycles. The highest BCUT2D eigenvalue weighted by atomic mass is 79.9. The molecule has 0 saturated heterocycles. The lowest BCUT2D eigenvalue weighted by molar-refractivity contribution is 0.0909. The van der Waals surface area contributed by atoms with Gasteiger partial charge in [0.15, 0.2) is 5.78 Å². The third-order valence-electron chi connectivity index (χ3n) is 2.53. The van der Waals surface area contributed by atoms with Crippen molar-refractivity contribution in [2.75, 3.05) is 0 Å². The SMILES string of the molecule is CCCC(CCC)C(=O)c1cc(Br)c(Br)s1. The fourth-order valence-electron chi connectivity index (χ4n) is 1.77. The van der Waals surface area contributed by atoms with E-state index in [1.807, 2.05) is 6.07 Å². The number of carbonyl (C=O) groups is 1. The Morgan fingerprint density at radius 2 is 1.88 bits per heavy atom. The maximum Gasteiger partial charge on any atom is 0.175 e. The van der Waals surface area contributed by atoms with E-state index in [0.29, 0.717) is 5.78 Å². The largest absolute Gasteiger partial charge is 0.293 e. The molecule has 4 heteroatoms. The van der Waals surface area contributed by atoms with Gasteiger partial charge in [0.1, 0.15) is 0 Å². The number of Topliss-reactive ketones (excluding diaryl/α,β-unsaturated/α-hetero) is 1. The minimum Gasteiger partial charge on any atom is -0.293 e. The van der Waals surface area contributed by atoms with E-state index < -0.39 is 0 Å². The van der Waals surface area contributed by atoms with Gasteiger partial charge < -0.3 is 0 Å². The van der Waals surface area contributed by atoms with Crippen LogP contribution in [0.4, 0.5) is 0 Å². The zero-order chi connectivity index (χ0) is 12.1. The molecule has 0 spiro atoms. The van der Waals surface area contributed by atoms with Crippen LogP contribution in [0.1, 0.15) is 49.2 Å². The van der Waals surface area contributed by atoms with Gasteiger partial charge in [0, 0.05) is 10.4 Å². The highest BCUT2D eigenvalue weighted by Gasteiger charge is 2.21. The molecule has 0 bridgehead atoms. The van der Waals surface area contributed by atoms with Gasteiger partial charge >= 0.3 is 0 Å². The van der Waals surface area contributed by atoms with Crippen molar-refractivity contribution >= 4 is 49.0 Å². The summed E-state index contributed by atoms with van der Waals surface area (Å²) in [4.78, 5) is 13.1. The first-order valence-corrected chi connectivity index (χ1v) is 7.99. The second-order valence-electron chi connectivity index (χ2n) is 3.87. The van der Waals surface area contributed by atoms with Gasteiger partial charge in [0.25, 0.3) is 0 Å². The molecule has 0 aromatic carbocycles. The lowest BCUT2D eigenvalue weighted by atomic mass is 9.93. The van der Waals surface area contributed by atoms with Crippen molar-refractivity contribution in [3.8, 4) is 0 Å². The molecule has 1 rings (SSSR count). The van der Waals surface area contributed by atoms with Crippen molar-refractivity contribution in [3.63, 3.8) is 0 Å². The van der Waals surface area contributed by atoms with E-state index in [1.165, 1.54) is 11.3 Å². The molecule has 0 radical (unpaired) electrons. The Hall–Kier alpha value is 0.330. The van der Waals surface area contributed by atoms with Crippen molar-refractivity contribution in [2.45, 2.75) is 39.5 Å². The summed E-state index contributed by atoms with van der Waals surface area (Å²) in [6.07, 6.45) is 4.15. The highest BCUT2D eigenvalue weighted by molar-refractivity contribution is 9.13. The van der Waals surface area contributed by atoms with E-state index in [4.69, 9.17) is 0 Å². The fraction of sp³-hybridized carbons (Fsp3) is 0.583. The number of hydrogen-bond acceptors (Lipinski definition) is 2. The minimum atomic E-state index is 0.201. The first-order valence-electron chi connectivity index (χ1n) is 5.59. The summed E-state index contributed by atoms with van der Waals surface area (Å²) >= 11 is 8.38. The van der Waals surface area contributed by atoms with E-state index in [2.05, 4.69) is 45.7 Å². The molecule has 0 atom stereocenters. The standard InChI is InChI=1S/C12H16Br2OS/c1-3-5-8(6-4-2)11(15)10-7-9(13)12(14)16-10/h7-8H,3-6H2,1-2H3. The minimum absolute atomic E-state index is 0.201. The zero-order valence-electron chi connectivity index (χ0n) is 9.56. The Balaban J connectivity index is 2.81. The van der Waals surface area contributed by atoms with Gasteiger partial charge in [-0.1, -0.05) is 26.7 Å². The summed E-state index contributed by atoms with van der Waals surface area (Å²) in [6, 6.07) is 1.93. The van der Waals surface area contributed by atoms with Gasteiger partial charge in [-0.2, -0.15) is 0 Å². The number of thiophene rings is 1. The van der Waals surface area contributed by atoms with Gasteiger partial charge in [-0.25, -0.2) is 0 Å². The van der Waals surface area contributed by atoms with Crippen LogP contribution in [0.5, 0.6) is 0 Å². The summed E-state index contributed by atoms with van der Waals surface area (Å²) in [5.41, 5.74) is 0. The predicted molar refractivity (Wildman–Crippen MR) is 77.4 cm³/mol. The molecule has 0 aliphatic rings. The number of rotatable bonds is 6. The zero-order valence-corrected chi connectivity index (χ0v) is 13.5. The first-order chi connectivity index (χ1) is 7.60. The van der Waals surface area contributed by atoms with Crippen molar-refractivity contribution in [1.82, 2.24) is 0 Å². The van der Waals surface area contributed by atoms with Crippen LogP contribution in [0.3, 0.4) is 0 Å². The van der Waals surface area contributed by atoms with Gasteiger partial charge in [-0.3, -0.25) is 4.79 Å². The quantitative estimate of drug-likeness (QED) is 0.591. The van der Waals surface area contributed by atoms with Crippen LogP contribution in [0.2, 0.25) is 0 Å². The molecule has 0 aliphatic carbocycles. The molecule has 16 heavy (non-hydrogen) atoms. The first kappa shape index (κ1) is 14.4. The summed E-state index contributed by atoms with van der Waals surface area (Å²) in [5.74, 6) is 0.507. The van der Waals surface area contributed by atoms with Crippen molar-refractivity contribution in [2.24, 2.45) is 5.92 Å². The molecule has 0 fully saturated rings. The number of halogens is 2. The fourth-order valence-corrected chi connectivity index (χ4v) is 3.83. The van der Waals surface area contributed by atoms with Crippen LogP contribution in [-0.2, 0) is 0 Å². The van der Waals surface area contributed by atoms with Crippen LogP contribution >= 0.6 is 43.2 Å². The molecular formula is C12H16Br2OS. The van der Waals surface area contributed by atoms with Crippen molar-refractivity contribution < 1.29 is 4.79 Å². The molecule has 1 heterocycles. The smallest absolute Gasteiger partial charge is 0.175 e. The molecule has 0 unspecified atom stereocenters. The summed E-state index contributed by atoms with van der Waals surface area (Å²) < 4.78 is 1.98. The monoisotopic (exact) mass is 366 g/mol. The predicted octanol–water partition coefficient (Wildman–Crippen LogP) is 5.67. The van der Waals surface area contributed by atoms with Crippen molar-refractivity contribution in [1.29, 1.82) is 0 Å². The van der Waals surface area contributed by atoms with Crippen molar-refractivity contribution in [3.05, 3.63) is 19.2 Å². The maximum absolute atomic E-state index is 12.3. The third-order valence-corrected chi connectivity index (χ3v) is 5.80. The number of ketones is 1. The van der Waals surface area contributed by atoms with E-state index >= 15 is 0 Å². The number of hydrogen-bond donors (Lipinski definition) is 0. The summed E-state index contributed by atoms with van der Waals surface area (Å²) in [7, 11) is 0. The van der Waals surface area contributed by atoms with Crippen LogP contribution in [0.25, 0.3) is 0 Å². The lowest BCUT2D eigenvalue weighted by Gasteiger charge is -2.12. The van der Waals surface area contributed by atoms with Gasteiger partial charge in [-0.15, -0.1) is 11.3 Å². The van der Waals surface area contributed by atoms with Crippen LogP contribution in [-0.4, -0.2) is 5.78 Å². The van der Waals surface area contributed by atoms with E-state index in [1.54, 1.807) is 0 Å². The Labute approximate surface area is 118 Å². The second kappa shape index (κ2) is 6.92. The molecular weight excluding hydrogens is 352 g/mol. The summed E-state index contributed by atoms with van der Waals surface area (Å²) in [6.45, 7) is 4.27. The Morgan fingerprint density at radius 1 is 1.31 bits per heavy atom. The second-order valence-corrected chi connectivity index (χ2v) is 7.10. The highest BCUT2D eigenvalue weighted by Crippen LogP contribution is 2.34. The van der Waals surface area contributed by atoms with Gasteiger partial charge in [-0.05, 0) is 50.8 Å². The third kappa shape index (κ3) is 3.67. The Bertz CT molecular complexity index is 334. The molecule has 0 saturated carbocycles. The average Bonchev–Trinajstić information content (AvgIpc) is 2.58. The van der Waals surface area contributed by atoms with E-state index in [-0.39, 0.29) is 5.92 Å². The summed E-state index contributed by atoms with van der Waals surface area (Å²) in [5, 5.41) is 0. The maximum atomic E-state index is 12.3. The van der Waals surface area contributed by atoms with E-state index in [0.717, 1.165) is 38.8 Å². The molecule has 1 aromatic rings. The molecule has 90 valence electrons. The Morgan fingerprint density at radius 3 is 2.25 bits per heavy atom. The molecule has 1 nitrogen and oxygen atoms in total. The number of carbonyl (C=O) groups excluding carboxylic acids is 1. The van der Waals surface area contributed by atoms with Crippen LogP contribution < -0.4 is 0 Å². The van der Waals surface area contributed by atoms with E-state index in [9.17, 15) is 4.79 Å².